The van der Waals surface area contributed by atoms with Crippen molar-refractivity contribution in [3.8, 4) is 5.75 Å². The van der Waals surface area contributed by atoms with E-state index in [0.717, 1.165) is 37.9 Å². The van der Waals surface area contributed by atoms with Crippen LogP contribution in [0.2, 0.25) is 0 Å². The largest absolute Gasteiger partial charge is 0.494 e. The van der Waals surface area contributed by atoms with Crippen molar-refractivity contribution < 1.29 is 23.1 Å². The molecule has 40 heavy (non-hydrogen) atoms. The highest BCUT2D eigenvalue weighted by Crippen LogP contribution is 2.39. The summed E-state index contributed by atoms with van der Waals surface area (Å²) in [7, 11) is 3.62. The Morgan fingerprint density at radius 3 is 2.55 bits per heavy atom. The van der Waals surface area contributed by atoms with Crippen molar-refractivity contribution in [2.24, 2.45) is 0 Å². The number of anilines is 5. The van der Waals surface area contributed by atoms with E-state index in [4.69, 9.17) is 9.57 Å². The number of carbonyl (C=O) groups excluding carboxylic acids is 1. The highest BCUT2D eigenvalue weighted by Gasteiger charge is 2.31. The van der Waals surface area contributed by atoms with Gasteiger partial charge in [-0.15, -0.1) is 0 Å². The van der Waals surface area contributed by atoms with Crippen molar-refractivity contribution in [1.29, 1.82) is 0 Å². The minimum Gasteiger partial charge on any atom is -0.494 e. The number of hydrogen-bond donors (Lipinski definition) is 2. The van der Waals surface area contributed by atoms with Crippen molar-refractivity contribution in [3.05, 3.63) is 66.5 Å². The van der Waals surface area contributed by atoms with Gasteiger partial charge in [0.05, 0.1) is 36.8 Å². The van der Waals surface area contributed by atoms with Crippen LogP contribution in [0.5, 0.6) is 5.75 Å². The molecule has 2 aliphatic rings. The molecule has 2 fully saturated rings. The van der Waals surface area contributed by atoms with Gasteiger partial charge in [-0.1, -0.05) is 6.58 Å². The van der Waals surface area contributed by atoms with Gasteiger partial charge in [-0.3, -0.25) is 9.63 Å². The first-order chi connectivity index (χ1) is 19.3. The van der Waals surface area contributed by atoms with E-state index in [1.807, 2.05) is 6.07 Å². The zero-order valence-corrected chi connectivity index (χ0v) is 22.2. The first kappa shape index (κ1) is 27.2. The van der Waals surface area contributed by atoms with Crippen LogP contribution in [0.15, 0.2) is 49.3 Å². The Labute approximate surface area is 230 Å². The van der Waals surface area contributed by atoms with E-state index in [2.05, 4.69) is 49.0 Å². The Bertz CT molecular complexity index is 1380. The Hall–Kier alpha value is -4.36. The second-order valence-electron chi connectivity index (χ2n) is 9.45. The van der Waals surface area contributed by atoms with E-state index in [1.54, 1.807) is 13.2 Å². The highest BCUT2D eigenvalue weighted by molar-refractivity contribution is 6.02. The first-order valence-electron chi connectivity index (χ1n) is 12.8. The Balaban J connectivity index is 1.44. The van der Waals surface area contributed by atoms with Crippen molar-refractivity contribution in [3.63, 3.8) is 0 Å². The molecule has 1 amide bonds. The lowest BCUT2D eigenvalue weighted by atomic mass is 10.0. The Kier molecular flexibility index (Phi) is 8.03. The average Bonchev–Trinajstić information content (AvgIpc) is 3.44. The fourth-order valence-electron chi connectivity index (χ4n) is 4.74. The molecule has 2 aromatic carbocycles. The predicted molar refractivity (Wildman–Crippen MR) is 147 cm³/mol. The lowest BCUT2D eigenvalue weighted by molar-refractivity contribution is -0.111. The molecule has 2 aliphatic heterocycles. The molecular weight excluding hydrogens is 522 g/mol. The van der Waals surface area contributed by atoms with Crippen LogP contribution in [0.1, 0.15) is 18.0 Å². The number of methoxy groups -OCH3 is 1. The van der Waals surface area contributed by atoms with Crippen LogP contribution in [0.25, 0.3) is 0 Å². The van der Waals surface area contributed by atoms with Gasteiger partial charge in [0.15, 0.2) is 0 Å². The number of nitrogens with zero attached hydrogens (tertiary/aromatic N) is 6. The standard InChI is InChI=1S/C27H30F2N8O3/c1-4-25(38)32-20-14-21(24(39-3)15-23(20)36-8-6-35(2)7-9-36)33-26-30-16-31-27(34-26)37-22(5-10-40-37)17-11-18(28)13-19(29)12-17/h4,11-16,22H,1,5-10H2,2-3H3,(H,32,38)(H,30,31,33,34)/t22-/m1/s1. The molecule has 3 heterocycles. The number of nitrogens with one attached hydrogen (secondary N) is 2. The van der Waals surface area contributed by atoms with Crippen molar-refractivity contribution in [2.45, 2.75) is 12.5 Å². The van der Waals surface area contributed by atoms with Gasteiger partial charge in [-0.05, 0) is 36.9 Å². The number of ether oxygens (including phenoxy) is 1. The van der Waals surface area contributed by atoms with Crippen molar-refractivity contribution in [1.82, 2.24) is 19.9 Å². The molecule has 0 spiro atoms. The predicted octanol–water partition coefficient (Wildman–Crippen LogP) is 3.66. The highest BCUT2D eigenvalue weighted by atomic mass is 19.1. The van der Waals surface area contributed by atoms with Gasteiger partial charge < -0.3 is 25.2 Å². The summed E-state index contributed by atoms with van der Waals surface area (Å²) in [5, 5.41) is 7.44. The third-order valence-electron chi connectivity index (χ3n) is 6.78. The number of halogens is 2. The molecule has 0 bridgehead atoms. The summed E-state index contributed by atoms with van der Waals surface area (Å²) in [6, 6.07) is 6.47. The molecule has 5 rings (SSSR count). The topological polar surface area (TPSA) is 108 Å². The lowest BCUT2D eigenvalue weighted by Gasteiger charge is -2.35. The summed E-state index contributed by atoms with van der Waals surface area (Å²) in [6.07, 6.45) is 3.01. The molecule has 0 unspecified atom stereocenters. The van der Waals surface area contributed by atoms with Gasteiger partial charge in [-0.25, -0.2) is 18.8 Å². The van der Waals surface area contributed by atoms with Crippen LogP contribution in [0.4, 0.5) is 37.7 Å². The summed E-state index contributed by atoms with van der Waals surface area (Å²) in [6.45, 7) is 7.22. The fourth-order valence-corrected chi connectivity index (χ4v) is 4.74. The second-order valence-corrected chi connectivity index (χ2v) is 9.45. The summed E-state index contributed by atoms with van der Waals surface area (Å²) in [5.74, 6) is -0.843. The van der Waals surface area contributed by atoms with Crippen LogP contribution >= 0.6 is 0 Å². The lowest BCUT2D eigenvalue weighted by Crippen LogP contribution is -2.44. The van der Waals surface area contributed by atoms with E-state index < -0.39 is 17.7 Å². The molecule has 13 heteroatoms. The monoisotopic (exact) mass is 552 g/mol. The number of aromatic nitrogens is 3. The summed E-state index contributed by atoms with van der Waals surface area (Å²) >= 11 is 0. The number of rotatable bonds is 8. The molecule has 0 saturated carbocycles. The van der Waals surface area contributed by atoms with Crippen molar-refractivity contribution in [2.75, 3.05) is 67.5 Å². The molecule has 210 valence electrons. The third-order valence-corrected chi connectivity index (χ3v) is 6.78. The van der Waals surface area contributed by atoms with E-state index in [0.29, 0.717) is 35.7 Å². The summed E-state index contributed by atoms with van der Waals surface area (Å²) < 4.78 is 33.5. The van der Waals surface area contributed by atoms with E-state index in [9.17, 15) is 13.6 Å². The third kappa shape index (κ3) is 5.95. The first-order valence-corrected chi connectivity index (χ1v) is 12.8. The molecule has 0 radical (unpaired) electrons. The van der Waals surface area contributed by atoms with Crippen LogP contribution in [-0.2, 0) is 9.63 Å². The molecule has 2 saturated heterocycles. The maximum atomic E-state index is 13.9. The van der Waals surface area contributed by atoms with Gasteiger partial charge in [0.25, 0.3) is 5.95 Å². The van der Waals surface area contributed by atoms with E-state index in [-0.39, 0.29) is 17.8 Å². The SMILES string of the molecule is C=CC(=O)Nc1cc(Nc2ncnc(N3OCC[C@@H]3c3cc(F)cc(F)c3)n2)c(OC)cc1N1CCN(C)CC1. The number of hydrogen-bond acceptors (Lipinski definition) is 10. The molecular formula is C27H30F2N8O3. The molecule has 3 aromatic rings. The fraction of sp³-hybridized carbons (Fsp3) is 0.333. The number of hydroxylamine groups is 1. The van der Waals surface area contributed by atoms with Gasteiger partial charge in [-0.2, -0.15) is 9.97 Å². The molecule has 2 N–H and O–H groups in total. The summed E-state index contributed by atoms with van der Waals surface area (Å²) in [5.41, 5.74) is 2.30. The van der Waals surface area contributed by atoms with Crippen LogP contribution < -0.4 is 25.3 Å². The normalized spacial score (nSPS) is 17.6. The number of likely N-dealkylation sites (N-methyl/N-ethyl adjacent to an activating group) is 1. The molecule has 11 nitrogen and oxygen atoms in total. The van der Waals surface area contributed by atoms with E-state index in [1.165, 1.54) is 29.6 Å². The van der Waals surface area contributed by atoms with Gasteiger partial charge in [0, 0.05) is 44.7 Å². The van der Waals surface area contributed by atoms with Crippen molar-refractivity contribution >= 4 is 34.9 Å². The molecule has 1 aromatic heterocycles. The summed E-state index contributed by atoms with van der Waals surface area (Å²) in [4.78, 5) is 35.3. The minimum absolute atomic E-state index is 0.165. The number of carbonyl (C=O) groups is 1. The Morgan fingerprint density at radius 1 is 1.10 bits per heavy atom. The maximum Gasteiger partial charge on any atom is 0.255 e. The van der Waals surface area contributed by atoms with Gasteiger partial charge in [0.1, 0.15) is 23.7 Å². The quantitative estimate of drug-likeness (QED) is 0.402. The van der Waals surface area contributed by atoms with Gasteiger partial charge in [0.2, 0.25) is 11.9 Å². The van der Waals surface area contributed by atoms with Crippen LogP contribution in [-0.4, -0.2) is 72.7 Å². The number of amides is 1. The molecule has 1 atom stereocenters. The Morgan fingerprint density at radius 2 is 1.85 bits per heavy atom. The average molecular weight is 553 g/mol. The molecule has 0 aliphatic carbocycles. The van der Waals surface area contributed by atoms with Gasteiger partial charge >= 0.3 is 0 Å². The smallest absolute Gasteiger partial charge is 0.255 e. The van der Waals surface area contributed by atoms with Crippen LogP contribution in [0.3, 0.4) is 0 Å². The zero-order chi connectivity index (χ0) is 28.2. The second kappa shape index (κ2) is 11.8. The minimum atomic E-state index is -0.675. The number of piperazine rings is 1. The maximum absolute atomic E-state index is 13.9. The van der Waals surface area contributed by atoms with Crippen LogP contribution in [0, 0.1) is 11.6 Å². The zero-order valence-electron chi connectivity index (χ0n) is 22.2. The number of benzene rings is 2. The van der Waals surface area contributed by atoms with E-state index >= 15 is 0 Å².